The summed E-state index contributed by atoms with van der Waals surface area (Å²) in [5, 5.41) is 0.426. The largest absolute Gasteiger partial charge is 0.495 e. The molecule has 0 amide bonds. The highest BCUT2D eigenvalue weighted by molar-refractivity contribution is 7.89. The van der Waals surface area contributed by atoms with Gasteiger partial charge in [-0.25, -0.2) is 22.9 Å². The zero-order valence-electron chi connectivity index (χ0n) is 15.1. The van der Waals surface area contributed by atoms with Crippen molar-refractivity contribution < 1.29 is 22.7 Å². The number of hydrogen-bond donors (Lipinski definition) is 2. The molecule has 0 fully saturated rings. The van der Waals surface area contributed by atoms with Crippen molar-refractivity contribution in [1.29, 1.82) is 0 Å². The lowest BCUT2D eigenvalue weighted by Crippen LogP contribution is -2.20. The molecular weight excluding hydrogens is 386 g/mol. The zero-order valence-corrected chi connectivity index (χ0v) is 15.9. The number of fused-ring (bicyclic) bond motifs is 1. The number of aromatic nitrogens is 2. The second kappa shape index (κ2) is 7.79. The summed E-state index contributed by atoms with van der Waals surface area (Å²) in [6.45, 7) is -0.279. The first-order chi connectivity index (χ1) is 13.4. The first-order valence-corrected chi connectivity index (χ1v) is 9.60. The molecule has 0 unspecified atom stereocenters. The van der Waals surface area contributed by atoms with Crippen LogP contribution in [0, 0.1) is 0 Å². The number of sulfonamides is 1. The van der Waals surface area contributed by atoms with E-state index in [1.807, 2.05) is 0 Å². The van der Waals surface area contributed by atoms with E-state index < -0.39 is 16.0 Å². The predicted octanol–water partition coefficient (Wildman–Crippen LogP) is 1.20. The van der Waals surface area contributed by atoms with Crippen LogP contribution < -0.4 is 15.0 Å². The molecule has 0 aliphatic rings. The third-order valence-corrected chi connectivity index (χ3v) is 5.39. The van der Waals surface area contributed by atoms with Gasteiger partial charge in [-0.2, -0.15) is 0 Å². The third kappa shape index (κ3) is 3.87. The lowest BCUT2D eigenvalue weighted by Gasteiger charge is -2.11. The van der Waals surface area contributed by atoms with Crippen LogP contribution in [-0.4, -0.2) is 38.5 Å². The fourth-order valence-electron chi connectivity index (χ4n) is 2.54. The lowest BCUT2D eigenvalue weighted by atomic mass is 10.2. The number of H-pyrrole nitrogens is 1. The first-order valence-electron chi connectivity index (χ1n) is 8.12. The van der Waals surface area contributed by atoms with E-state index in [0.29, 0.717) is 10.9 Å². The number of nitrogens with zero attached hydrogens (tertiary/aromatic N) is 1. The molecular formula is C18H17N3O6S. The topological polar surface area (TPSA) is 127 Å². The van der Waals surface area contributed by atoms with Crippen molar-refractivity contribution in [3.05, 3.63) is 64.2 Å². The van der Waals surface area contributed by atoms with Gasteiger partial charge in [0.05, 0.1) is 23.6 Å². The van der Waals surface area contributed by atoms with E-state index in [4.69, 9.17) is 9.47 Å². The van der Waals surface area contributed by atoms with Gasteiger partial charge >= 0.3 is 5.97 Å². The number of carbonyl (C=O) groups is 1. The van der Waals surface area contributed by atoms with Crippen molar-refractivity contribution in [2.45, 2.75) is 11.5 Å². The van der Waals surface area contributed by atoms with Crippen LogP contribution >= 0.6 is 0 Å². The van der Waals surface area contributed by atoms with Crippen LogP contribution in [0.25, 0.3) is 10.9 Å². The van der Waals surface area contributed by atoms with E-state index in [9.17, 15) is 18.0 Å². The number of aromatic amines is 1. The summed E-state index contributed by atoms with van der Waals surface area (Å²) in [5.41, 5.74) is 0.144. The number of benzene rings is 2. The maximum Gasteiger partial charge on any atom is 0.338 e. The van der Waals surface area contributed by atoms with Crippen molar-refractivity contribution in [2.75, 3.05) is 14.2 Å². The highest BCUT2D eigenvalue weighted by Crippen LogP contribution is 2.25. The number of rotatable bonds is 6. The first kappa shape index (κ1) is 19.5. The highest BCUT2D eigenvalue weighted by Gasteiger charge is 2.21. The number of hydrogen-bond acceptors (Lipinski definition) is 7. The molecule has 0 atom stereocenters. The van der Waals surface area contributed by atoms with Gasteiger partial charge in [0.1, 0.15) is 23.1 Å². The summed E-state index contributed by atoms with van der Waals surface area (Å²) in [6.07, 6.45) is 0. The SMILES string of the molecule is CNS(=O)(=O)c1cc(C(=O)OCc2nc3ccccc3c(=O)[nH]2)ccc1OC. The molecule has 146 valence electrons. The van der Waals surface area contributed by atoms with E-state index in [0.717, 1.165) is 6.07 Å². The fourth-order valence-corrected chi connectivity index (χ4v) is 3.46. The third-order valence-electron chi connectivity index (χ3n) is 3.96. The maximum atomic E-state index is 12.3. The average Bonchev–Trinajstić information content (AvgIpc) is 2.71. The predicted molar refractivity (Wildman–Crippen MR) is 101 cm³/mol. The number of methoxy groups -OCH3 is 1. The Morgan fingerprint density at radius 3 is 2.68 bits per heavy atom. The summed E-state index contributed by atoms with van der Waals surface area (Å²) in [5.74, 6) is -0.508. The average molecular weight is 403 g/mol. The molecule has 0 saturated carbocycles. The van der Waals surface area contributed by atoms with Crippen LogP contribution in [0.2, 0.25) is 0 Å². The van der Waals surface area contributed by atoms with Gasteiger partial charge in [-0.1, -0.05) is 12.1 Å². The van der Waals surface area contributed by atoms with Crippen LogP contribution in [0.5, 0.6) is 5.75 Å². The lowest BCUT2D eigenvalue weighted by molar-refractivity contribution is 0.0462. The summed E-state index contributed by atoms with van der Waals surface area (Å²) in [4.78, 5) is 31.0. The molecule has 1 heterocycles. The Kier molecular flexibility index (Phi) is 5.43. The molecule has 10 heteroatoms. The van der Waals surface area contributed by atoms with Gasteiger partial charge in [0.2, 0.25) is 10.0 Å². The summed E-state index contributed by atoms with van der Waals surface area (Å²) in [7, 11) is -1.26. The summed E-state index contributed by atoms with van der Waals surface area (Å²) in [6, 6.07) is 10.7. The molecule has 9 nitrogen and oxygen atoms in total. The van der Waals surface area contributed by atoms with Crippen LogP contribution in [0.4, 0.5) is 0 Å². The zero-order chi connectivity index (χ0) is 20.3. The minimum atomic E-state index is -3.84. The number of carbonyl (C=O) groups excluding carboxylic acids is 1. The Morgan fingerprint density at radius 2 is 1.96 bits per heavy atom. The molecule has 0 radical (unpaired) electrons. The molecule has 0 aliphatic heterocycles. The smallest absolute Gasteiger partial charge is 0.338 e. The maximum absolute atomic E-state index is 12.3. The van der Waals surface area contributed by atoms with Crippen LogP contribution in [0.1, 0.15) is 16.2 Å². The Bertz CT molecular complexity index is 1200. The second-order valence-electron chi connectivity index (χ2n) is 5.68. The van der Waals surface area contributed by atoms with Crippen LogP contribution in [-0.2, 0) is 21.4 Å². The summed E-state index contributed by atoms with van der Waals surface area (Å²) < 4.78 is 36.6. The highest BCUT2D eigenvalue weighted by atomic mass is 32.2. The minimum absolute atomic E-state index is 0.0118. The molecule has 0 spiro atoms. The quantitative estimate of drug-likeness (QED) is 0.592. The van der Waals surface area contributed by atoms with E-state index in [2.05, 4.69) is 14.7 Å². The van der Waals surface area contributed by atoms with Crippen molar-refractivity contribution in [1.82, 2.24) is 14.7 Å². The van der Waals surface area contributed by atoms with Gasteiger partial charge in [-0.3, -0.25) is 4.79 Å². The van der Waals surface area contributed by atoms with Crippen LogP contribution in [0.3, 0.4) is 0 Å². The van der Waals surface area contributed by atoms with E-state index in [1.54, 1.807) is 24.3 Å². The standard InChI is InChI=1S/C18H17N3O6S/c1-19-28(24,25)15-9-11(7-8-14(15)26-2)18(23)27-10-16-20-13-6-4-3-5-12(13)17(22)21-16/h3-9,19H,10H2,1-2H3,(H,20,21,22). The van der Waals surface area contributed by atoms with Gasteiger partial charge in [-0.05, 0) is 37.4 Å². The van der Waals surface area contributed by atoms with Crippen molar-refractivity contribution in [3.63, 3.8) is 0 Å². The monoisotopic (exact) mass is 403 g/mol. The molecule has 1 aromatic heterocycles. The molecule has 28 heavy (non-hydrogen) atoms. The molecule has 2 N–H and O–H groups in total. The Hall–Kier alpha value is -3.24. The van der Waals surface area contributed by atoms with E-state index in [-0.39, 0.29) is 34.2 Å². The number of para-hydroxylation sites is 1. The Labute approximate surface area is 160 Å². The fraction of sp³-hybridized carbons (Fsp3) is 0.167. The minimum Gasteiger partial charge on any atom is -0.495 e. The Morgan fingerprint density at radius 1 is 1.21 bits per heavy atom. The second-order valence-corrected chi connectivity index (χ2v) is 7.53. The normalized spacial score (nSPS) is 11.4. The molecule has 0 aliphatic carbocycles. The molecule has 3 aromatic rings. The van der Waals surface area contributed by atoms with E-state index in [1.165, 1.54) is 26.3 Å². The number of nitrogens with one attached hydrogen (secondary N) is 2. The van der Waals surface area contributed by atoms with Crippen molar-refractivity contribution >= 4 is 26.9 Å². The van der Waals surface area contributed by atoms with Gasteiger partial charge in [0, 0.05) is 0 Å². The molecule has 0 saturated heterocycles. The number of esters is 1. The van der Waals surface area contributed by atoms with Gasteiger partial charge < -0.3 is 14.5 Å². The van der Waals surface area contributed by atoms with Crippen molar-refractivity contribution in [3.8, 4) is 5.75 Å². The molecule has 0 bridgehead atoms. The van der Waals surface area contributed by atoms with Gasteiger partial charge in [0.25, 0.3) is 5.56 Å². The molecule has 3 rings (SSSR count). The van der Waals surface area contributed by atoms with Crippen LogP contribution in [0.15, 0.2) is 52.2 Å². The molecule has 2 aromatic carbocycles. The Balaban J connectivity index is 1.84. The van der Waals surface area contributed by atoms with Gasteiger partial charge in [0.15, 0.2) is 0 Å². The van der Waals surface area contributed by atoms with Crippen molar-refractivity contribution in [2.24, 2.45) is 0 Å². The van der Waals surface area contributed by atoms with E-state index >= 15 is 0 Å². The summed E-state index contributed by atoms with van der Waals surface area (Å²) >= 11 is 0. The number of ether oxygens (including phenoxy) is 2. The van der Waals surface area contributed by atoms with Gasteiger partial charge in [-0.15, -0.1) is 0 Å².